The summed E-state index contributed by atoms with van der Waals surface area (Å²) in [6.07, 6.45) is 14.3. The number of rotatable bonds is 4. The number of esters is 1. The van der Waals surface area contributed by atoms with Crippen LogP contribution in [0.1, 0.15) is 73.6 Å². The van der Waals surface area contributed by atoms with Crippen LogP contribution < -0.4 is 0 Å². The number of hydrogen-bond donors (Lipinski definition) is 0. The van der Waals surface area contributed by atoms with Gasteiger partial charge in [0.25, 0.3) is 0 Å². The number of allylic oxidation sites excluding steroid dienone is 9. The molecule has 0 aromatic heterocycles. The first kappa shape index (κ1) is 20.5. The van der Waals surface area contributed by atoms with E-state index in [2.05, 4.69) is 45.9 Å². The Bertz CT molecular complexity index is 708. The lowest BCUT2D eigenvalue weighted by Gasteiger charge is -2.34. The molecule has 0 N–H and O–H groups in total. The standard InChI is InChI=1S/C24H34O2/c1-7-26-23(25)14-17(2)13-20-10-11-21(19(4)15-20)16-22-18(3)9-8-12-24(22,5)6/h13-16H,7-12H2,1-6H3/b17-14+,20-13+,21-16+. The quantitative estimate of drug-likeness (QED) is 0.419. The minimum Gasteiger partial charge on any atom is -0.463 e. The Hall–Kier alpha value is -1.83. The van der Waals surface area contributed by atoms with Gasteiger partial charge in [-0.3, -0.25) is 0 Å². The first-order valence-corrected chi connectivity index (χ1v) is 9.88. The van der Waals surface area contributed by atoms with E-state index >= 15 is 0 Å². The van der Waals surface area contributed by atoms with Crippen molar-refractivity contribution in [2.75, 3.05) is 6.61 Å². The smallest absolute Gasteiger partial charge is 0.330 e. The Morgan fingerprint density at radius 2 is 1.96 bits per heavy atom. The molecular weight excluding hydrogens is 320 g/mol. The zero-order valence-corrected chi connectivity index (χ0v) is 17.4. The second-order valence-electron chi connectivity index (χ2n) is 8.29. The minimum absolute atomic E-state index is 0.263. The molecule has 0 saturated heterocycles. The van der Waals surface area contributed by atoms with Crippen LogP contribution >= 0.6 is 0 Å². The topological polar surface area (TPSA) is 26.3 Å². The zero-order chi connectivity index (χ0) is 19.3. The molecule has 2 nitrogen and oxygen atoms in total. The van der Waals surface area contributed by atoms with E-state index in [4.69, 9.17) is 4.74 Å². The third kappa shape index (κ3) is 5.33. The number of ether oxygens (including phenoxy) is 1. The van der Waals surface area contributed by atoms with Gasteiger partial charge in [-0.1, -0.05) is 37.6 Å². The van der Waals surface area contributed by atoms with Gasteiger partial charge >= 0.3 is 5.97 Å². The van der Waals surface area contributed by atoms with Crippen molar-refractivity contribution < 1.29 is 9.53 Å². The van der Waals surface area contributed by atoms with E-state index in [9.17, 15) is 4.79 Å². The summed E-state index contributed by atoms with van der Waals surface area (Å²) in [6, 6.07) is 0. The average molecular weight is 355 g/mol. The normalized spacial score (nSPS) is 24.1. The van der Waals surface area contributed by atoms with Crippen LogP contribution in [0.3, 0.4) is 0 Å². The lowest BCUT2D eigenvalue weighted by molar-refractivity contribution is -0.137. The number of carbonyl (C=O) groups is 1. The van der Waals surface area contributed by atoms with Gasteiger partial charge in [0.15, 0.2) is 0 Å². The van der Waals surface area contributed by atoms with Crippen LogP contribution in [0.4, 0.5) is 0 Å². The van der Waals surface area contributed by atoms with Gasteiger partial charge in [0.05, 0.1) is 6.61 Å². The summed E-state index contributed by atoms with van der Waals surface area (Å²) in [5, 5.41) is 0. The predicted molar refractivity (Wildman–Crippen MR) is 110 cm³/mol. The third-order valence-electron chi connectivity index (χ3n) is 5.50. The van der Waals surface area contributed by atoms with E-state index < -0.39 is 0 Å². The molecule has 2 rings (SSSR count). The lowest BCUT2D eigenvalue weighted by Crippen LogP contribution is -2.19. The number of hydrogen-bond acceptors (Lipinski definition) is 2. The highest BCUT2D eigenvalue weighted by molar-refractivity contribution is 5.83. The van der Waals surface area contributed by atoms with Crippen molar-refractivity contribution in [2.45, 2.75) is 73.6 Å². The van der Waals surface area contributed by atoms with Crippen LogP contribution in [0.2, 0.25) is 0 Å². The van der Waals surface area contributed by atoms with Crippen molar-refractivity contribution in [3.05, 3.63) is 57.7 Å². The molecule has 2 aliphatic rings. The van der Waals surface area contributed by atoms with E-state index in [1.54, 1.807) is 11.6 Å². The van der Waals surface area contributed by atoms with Gasteiger partial charge in [-0.2, -0.15) is 0 Å². The van der Waals surface area contributed by atoms with E-state index in [0.29, 0.717) is 6.61 Å². The molecule has 26 heavy (non-hydrogen) atoms. The Labute approximate surface area is 159 Å². The molecule has 0 bridgehead atoms. The van der Waals surface area contributed by atoms with E-state index in [1.807, 2.05) is 13.8 Å². The first-order chi connectivity index (χ1) is 12.2. The molecule has 0 saturated carbocycles. The Balaban J connectivity index is 2.22. The summed E-state index contributed by atoms with van der Waals surface area (Å²) < 4.78 is 4.98. The molecule has 0 heterocycles. The van der Waals surface area contributed by atoms with Gasteiger partial charge < -0.3 is 4.74 Å². The Morgan fingerprint density at radius 3 is 2.58 bits per heavy atom. The molecular formula is C24H34O2. The van der Waals surface area contributed by atoms with E-state index in [-0.39, 0.29) is 11.4 Å². The monoisotopic (exact) mass is 354 g/mol. The Kier molecular flexibility index (Phi) is 6.86. The highest BCUT2D eigenvalue weighted by Crippen LogP contribution is 2.42. The van der Waals surface area contributed by atoms with Crippen LogP contribution in [0.5, 0.6) is 0 Å². The molecule has 0 atom stereocenters. The molecule has 0 fully saturated rings. The van der Waals surface area contributed by atoms with Crippen molar-refractivity contribution in [3.8, 4) is 0 Å². The highest BCUT2D eigenvalue weighted by Gasteiger charge is 2.27. The Morgan fingerprint density at radius 1 is 1.23 bits per heavy atom. The largest absolute Gasteiger partial charge is 0.463 e. The molecule has 2 aliphatic carbocycles. The fourth-order valence-corrected chi connectivity index (χ4v) is 4.06. The average Bonchev–Trinajstić information content (AvgIpc) is 2.52. The van der Waals surface area contributed by atoms with Gasteiger partial charge in [-0.05, 0) is 93.1 Å². The van der Waals surface area contributed by atoms with E-state index in [1.165, 1.54) is 41.6 Å². The number of carbonyl (C=O) groups excluding carboxylic acids is 1. The van der Waals surface area contributed by atoms with Crippen LogP contribution in [-0.2, 0) is 9.53 Å². The van der Waals surface area contributed by atoms with Gasteiger partial charge in [-0.15, -0.1) is 0 Å². The molecule has 0 aliphatic heterocycles. The molecule has 2 heteroatoms. The van der Waals surface area contributed by atoms with Crippen molar-refractivity contribution in [1.29, 1.82) is 0 Å². The fraction of sp³-hybridized carbons (Fsp3) is 0.542. The van der Waals surface area contributed by atoms with Crippen molar-refractivity contribution in [1.82, 2.24) is 0 Å². The van der Waals surface area contributed by atoms with Crippen molar-refractivity contribution >= 4 is 5.97 Å². The fourth-order valence-electron chi connectivity index (χ4n) is 4.06. The van der Waals surface area contributed by atoms with Crippen LogP contribution in [0.25, 0.3) is 0 Å². The maximum atomic E-state index is 11.6. The summed E-state index contributed by atoms with van der Waals surface area (Å²) in [5.74, 6) is -0.263. The van der Waals surface area contributed by atoms with Gasteiger partial charge in [0, 0.05) is 6.08 Å². The maximum Gasteiger partial charge on any atom is 0.330 e. The third-order valence-corrected chi connectivity index (χ3v) is 5.50. The summed E-state index contributed by atoms with van der Waals surface area (Å²) in [4.78, 5) is 11.6. The molecule has 0 amide bonds. The second-order valence-corrected chi connectivity index (χ2v) is 8.29. The molecule has 0 spiro atoms. The van der Waals surface area contributed by atoms with Gasteiger partial charge in [-0.25, -0.2) is 4.79 Å². The predicted octanol–water partition coefficient (Wildman–Crippen LogP) is 6.62. The molecule has 142 valence electrons. The van der Waals surface area contributed by atoms with Gasteiger partial charge in [0.1, 0.15) is 0 Å². The summed E-state index contributed by atoms with van der Waals surface area (Å²) in [6.45, 7) is 13.4. The van der Waals surface area contributed by atoms with Crippen LogP contribution in [0.15, 0.2) is 57.7 Å². The summed E-state index contributed by atoms with van der Waals surface area (Å²) in [7, 11) is 0. The van der Waals surface area contributed by atoms with E-state index in [0.717, 1.165) is 18.4 Å². The van der Waals surface area contributed by atoms with Gasteiger partial charge in [0.2, 0.25) is 0 Å². The minimum atomic E-state index is -0.263. The SMILES string of the molecule is CCOC(=O)/C=C(C)/C=C1C=C(C)/C(=C/C2=C(C)CCCC2(C)C)CC/1. The van der Waals surface area contributed by atoms with Crippen LogP contribution in [0, 0.1) is 5.41 Å². The lowest BCUT2D eigenvalue weighted by atomic mass is 9.71. The van der Waals surface area contributed by atoms with Crippen molar-refractivity contribution in [3.63, 3.8) is 0 Å². The molecule has 0 aromatic carbocycles. The first-order valence-electron chi connectivity index (χ1n) is 9.88. The second kappa shape index (κ2) is 8.70. The molecule has 0 unspecified atom stereocenters. The zero-order valence-electron chi connectivity index (χ0n) is 17.4. The summed E-state index contributed by atoms with van der Waals surface area (Å²) >= 11 is 0. The van der Waals surface area contributed by atoms with Crippen LogP contribution in [-0.4, -0.2) is 12.6 Å². The summed E-state index contributed by atoms with van der Waals surface area (Å²) in [5.41, 5.74) is 8.40. The molecule has 0 aromatic rings. The molecule has 0 radical (unpaired) electrons. The van der Waals surface area contributed by atoms with Crippen molar-refractivity contribution in [2.24, 2.45) is 5.41 Å². The maximum absolute atomic E-state index is 11.6. The highest BCUT2D eigenvalue weighted by atomic mass is 16.5.